The molecule has 0 spiro atoms. The molecule has 3 heterocycles. The molecule has 0 aromatic carbocycles. The summed E-state index contributed by atoms with van der Waals surface area (Å²) in [6.45, 7) is 4.17. The van der Waals surface area contributed by atoms with Crippen molar-refractivity contribution in [1.29, 1.82) is 0 Å². The van der Waals surface area contributed by atoms with Crippen LogP contribution in [0.25, 0.3) is 11.0 Å². The summed E-state index contributed by atoms with van der Waals surface area (Å²) in [4.78, 5) is 11.0. The number of rotatable bonds is 5. The zero-order valence-electron chi connectivity index (χ0n) is 11.1. The second-order valence-corrected chi connectivity index (χ2v) is 5.78. The number of aromatic nitrogens is 4. The number of anilines is 2. The number of nitrogens with two attached hydrogens (primary N) is 1. The van der Waals surface area contributed by atoms with Gasteiger partial charge in [0, 0.05) is 37.7 Å². The molecule has 2 aromatic rings. The van der Waals surface area contributed by atoms with Crippen LogP contribution in [0.2, 0.25) is 0 Å². The second kappa shape index (κ2) is 6.25. The summed E-state index contributed by atoms with van der Waals surface area (Å²) in [5.74, 6) is 8.95. The van der Waals surface area contributed by atoms with Crippen molar-refractivity contribution in [3.63, 3.8) is 0 Å². The van der Waals surface area contributed by atoms with Gasteiger partial charge in [0.2, 0.25) is 5.95 Å². The molecular formula is C11H18N8S. The molecule has 0 radical (unpaired) electrons. The fourth-order valence-electron chi connectivity index (χ4n) is 2.19. The molecule has 20 heavy (non-hydrogen) atoms. The number of fused-ring (bicyclic) bond motifs is 1. The molecule has 108 valence electrons. The van der Waals surface area contributed by atoms with Gasteiger partial charge in [-0.25, -0.2) is 5.84 Å². The highest BCUT2D eigenvalue weighted by Gasteiger charge is 2.11. The van der Waals surface area contributed by atoms with Gasteiger partial charge in [0.25, 0.3) is 0 Å². The van der Waals surface area contributed by atoms with Crippen LogP contribution in [-0.4, -0.2) is 62.7 Å². The standard InChI is InChI=1S/C11H18N8S/c12-17-11-15-9(8-7-14-18-10(8)16-11)13-1-2-19-3-5-20-6-4-19/h7H,1-6,12H2,(H3,13,14,15,16,17,18). The molecule has 3 rings (SSSR count). The quantitative estimate of drug-likeness (QED) is 0.454. The number of hydrogen-bond donors (Lipinski definition) is 4. The Morgan fingerprint density at radius 1 is 1.35 bits per heavy atom. The third-order valence-corrected chi connectivity index (χ3v) is 4.21. The molecular weight excluding hydrogens is 276 g/mol. The number of nitrogens with one attached hydrogen (secondary N) is 3. The van der Waals surface area contributed by atoms with E-state index in [1.807, 2.05) is 11.8 Å². The lowest BCUT2D eigenvalue weighted by Gasteiger charge is -2.26. The second-order valence-electron chi connectivity index (χ2n) is 4.55. The lowest BCUT2D eigenvalue weighted by atomic mass is 10.4. The summed E-state index contributed by atoms with van der Waals surface area (Å²) in [7, 11) is 0. The first-order chi connectivity index (χ1) is 9.86. The Bertz CT molecular complexity index is 565. The van der Waals surface area contributed by atoms with Crippen molar-refractivity contribution in [2.75, 3.05) is 48.4 Å². The number of hydrogen-bond acceptors (Lipinski definition) is 8. The topological polar surface area (TPSA) is 108 Å². The van der Waals surface area contributed by atoms with Crippen molar-refractivity contribution >= 4 is 34.6 Å². The number of hydrazine groups is 1. The SMILES string of the molecule is NNc1nc(NCCN2CCSCC2)c2cn[nH]c2n1. The molecule has 1 aliphatic heterocycles. The van der Waals surface area contributed by atoms with Gasteiger partial charge in [-0.15, -0.1) is 0 Å². The Morgan fingerprint density at radius 2 is 2.20 bits per heavy atom. The van der Waals surface area contributed by atoms with Gasteiger partial charge in [0.1, 0.15) is 5.82 Å². The fourth-order valence-corrected chi connectivity index (χ4v) is 3.17. The molecule has 9 heteroatoms. The molecule has 0 saturated carbocycles. The normalized spacial score (nSPS) is 16.4. The molecule has 8 nitrogen and oxygen atoms in total. The van der Waals surface area contributed by atoms with Gasteiger partial charge in [-0.05, 0) is 0 Å². The van der Waals surface area contributed by atoms with Crippen molar-refractivity contribution in [2.45, 2.75) is 0 Å². The van der Waals surface area contributed by atoms with Gasteiger partial charge in [0.15, 0.2) is 5.65 Å². The third-order valence-electron chi connectivity index (χ3n) is 3.26. The summed E-state index contributed by atoms with van der Waals surface area (Å²) in [5, 5.41) is 11.0. The monoisotopic (exact) mass is 294 g/mol. The Morgan fingerprint density at radius 3 is 3.00 bits per heavy atom. The first-order valence-electron chi connectivity index (χ1n) is 6.58. The zero-order chi connectivity index (χ0) is 13.8. The van der Waals surface area contributed by atoms with E-state index in [2.05, 4.69) is 35.8 Å². The average molecular weight is 294 g/mol. The Kier molecular flexibility index (Phi) is 4.19. The van der Waals surface area contributed by atoms with E-state index in [1.165, 1.54) is 11.5 Å². The first kappa shape index (κ1) is 13.4. The predicted molar refractivity (Wildman–Crippen MR) is 81.7 cm³/mol. The summed E-state index contributed by atoms with van der Waals surface area (Å²) in [6, 6.07) is 0. The van der Waals surface area contributed by atoms with Gasteiger partial charge >= 0.3 is 0 Å². The van der Waals surface area contributed by atoms with Gasteiger partial charge < -0.3 is 5.32 Å². The van der Waals surface area contributed by atoms with Crippen LogP contribution in [-0.2, 0) is 0 Å². The molecule has 0 bridgehead atoms. The average Bonchev–Trinajstić information content (AvgIpc) is 2.96. The maximum Gasteiger partial charge on any atom is 0.241 e. The minimum absolute atomic E-state index is 0.374. The number of nitrogen functional groups attached to an aromatic ring is 1. The number of aromatic amines is 1. The van der Waals surface area contributed by atoms with Crippen LogP contribution in [0.4, 0.5) is 11.8 Å². The van der Waals surface area contributed by atoms with E-state index in [9.17, 15) is 0 Å². The molecule has 2 aromatic heterocycles. The van der Waals surface area contributed by atoms with Gasteiger partial charge in [-0.1, -0.05) is 0 Å². The Labute approximate surface area is 120 Å². The van der Waals surface area contributed by atoms with E-state index in [-0.39, 0.29) is 0 Å². The molecule has 0 amide bonds. The van der Waals surface area contributed by atoms with Gasteiger partial charge in [0.05, 0.1) is 11.6 Å². The minimum atomic E-state index is 0.374. The van der Waals surface area contributed by atoms with Crippen molar-refractivity contribution < 1.29 is 0 Å². The van der Waals surface area contributed by atoms with Gasteiger partial charge in [-0.2, -0.15) is 26.8 Å². The van der Waals surface area contributed by atoms with E-state index in [0.717, 1.165) is 37.4 Å². The summed E-state index contributed by atoms with van der Waals surface area (Å²) < 4.78 is 0. The highest BCUT2D eigenvalue weighted by molar-refractivity contribution is 7.99. The van der Waals surface area contributed by atoms with Crippen molar-refractivity contribution in [2.24, 2.45) is 5.84 Å². The van der Waals surface area contributed by atoms with Crippen molar-refractivity contribution in [3.8, 4) is 0 Å². The first-order valence-corrected chi connectivity index (χ1v) is 7.74. The van der Waals surface area contributed by atoms with Crippen LogP contribution >= 0.6 is 11.8 Å². The van der Waals surface area contributed by atoms with Gasteiger partial charge in [-0.3, -0.25) is 15.4 Å². The maximum atomic E-state index is 5.38. The van der Waals surface area contributed by atoms with E-state index in [0.29, 0.717) is 11.6 Å². The van der Waals surface area contributed by atoms with Crippen LogP contribution in [0.15, 0.2) is 6.20 Å². The lowest BCUT2D eigenvalue weighted by Crippen LogP contribution is -2.36. The van der Waals surface area contributed by atoms with Crippen molar-refractivity contribution in [3.05, 3.63) is 6.20 Å². The highest BCUT2D eigenvalue weighted by atomic mass is 32.2. The summed E-state index contributed by atoms with van der Waals surface area (Å²) >= 11 is 2.02. The molecule has 0 unspecified atom stereocenters. The van der Waals surface area contributed by atoms with E-state index in [4.69, 9.17) is 5.84 Å². The minimum Gasteiger partial charge on any atom is -0.368 e. The molecule has 0 aliphatic carbocycles. The fraction of sp³-hybridized carbons (Fsp3) is 0.545. The summed E-state index contributed by atoms with van der Waals surface area (Å²) in [5.41, 5.74) is 3.14. The van der Waals surface area contributed by atoms with E-state index >= 15 is 0 Å². The van der Waals surface area contributed by atoms with Crippen LogP contribution < -0.4 is 16.6 Å². The molecule has 1 saturated heterocycles. The number of thioether (sulfide) groups is 1. The number of H-pyrrole nitrogens is 1. The Hall–Kier alpha value is -1.58. The molecule has 1 fully saturated rings. The van der Waals surface area contributed by atoms with Crippen LogP contribution in [0, 0.1) is 0 Å². The van der Waals surface area contributed by atoms with Crippen LogP contribution in [0.3, 0.4) is 0 Å². The molecule has 5 N–H and O–H groups in total. The lowest BCUT2D eigenvalue weighted by molar-refractivity contribution is 0.314. The Balaban J connectivity index is 1.65. The summed E-state index contributed by atoms with van der Waals surface area (Å²) in [6.07, 6.45) is 1.72. The van der Waals surface area contributed by atoms with E-state index < -0.39 is 0 Å². The van der Waals surface area contributed by atoms with Crippen molar-refractivity contribution in [1.82, 2.24) is 25.1 Å². The van der Waals surface area contributed by atoms with Crippen LogP contribution in [0.5, 0.6) is 0 Å². The predicted octanol–water partition coefficient (Wildman–Crippen LogP) is 0.0992. The molecule has 0 atom stereocenters. The highest BCUT2D eigenvalue weighted by Crippen LogP contribution is 2.19. The smallest absolute Gasteiger partial charge is 0.241 e. The maximum absolute atomic E-state index is 5.38. The molecule has 1 aliphatic rings. The number of nitrogens with zero attached hydrogens (tertiary/aromatic N) is 4. The zero-order valence-corrected chi connectivity index (χ0v) is 11.9. The van der Waals surface area contributed by atoms with E-state index in [1.54, 1.807) is 6.20 Å². The van der Waals surface area contributed by atoms with Crippen LogP contribution in [0.1, 0.15) is 0 Å². The third kappa shape index (κ3) is 2.94. The largest absolute Gasteiger partial charge is 0.368 e.